The second-order valence-corrected chi connectivity index (χ2v) is 6.60. The maximum atomic E-state index is 4.68. The number of rotatable bonds is 9. The molecule has 116 valence electrons. The molecular weight excluding hydrogens is 260 g/mol. The van der Waals surface area contributed by atoms with Crippen molar-refractivity contribution in [3.63, 3.8) is 0 Å². The van der Waals surface area contributed by atoms with E-state index in [-0.39, 0.29) is 0 Å². The van der Waals surface area contributed by atoms with Gasteiger partial charge in [-0.3, -0.25) is 0 Å². The molecule has 1 aromatic rings. The van der Waals surface area contributed by atoms with Gasteiger partial charge in [0.05, 0.1) is 0 Å². The molecule has 0 aromatic carbocycles. The molecule has 2 fully saturated rings. The summed E-state index contributed by atoms with van der Waals surface area (Å²) in [6.45, 7) is 7.66. The number of hydrogen-bond acceptors (Lipinski definition) is 4. The van der Waals surface area contributed by atoms with E-state index in [4.69, 9.17) is 0 Å². The Morgan fingerprint density at radius 1 is 1.10 bits per heavy atom. The van der Waals surface area contributed by atoms with Crippen molar-refractivity contribution in [1.29, 1.82) is 0 Å². The molecule has 2 saturated carbocycles. The van der Waals surface area contributed by atoms with Gasteiger partial charge in [0.25, 0.3) is 0 Å². The van der Waals surface area contributed by atoms with E-state index in [1.165, 1.54) is 50.2 Å². The maximum Gasteiger partial charge on any atom is 0.137 e. The largest absolute Gasteiger partial charge is 0.370 e. The molecule has 0 aliphatic heterocycles. The first kappa shape index (κ1) is 14.6. The Morgan fingerprint density at radius 2 is 1.76 bits per heavy atom. The van der Waals surface area contributed by atoms with Gasteiger partial charge >= 0.3 is 0 Å². The minimum Gasteiger partial charge on any atom is -0.370 e. The summed E-state index contributed by atoms with van der Waals surface area (Å²) in [5, 5.41) is 3.42. The predicted octanol–water partition coefficient (Wildman–Crippen LogP) is 3.49. The van der Waals surface area contributed by atoms with Crippen molar-refractivity contribution in [3.8, 4) is 0 Å². The first-order valence-corrected chi connectivity index (χ1v) is 8.64. The summed E-state index contributed by atoms with van der Waals surface area (Å²) in [6, 6.07) is 0. The molecule has 4 heteroatoms. The lowest BCUT2D eigenvalue weighted by molar-refractivity contribution is 0.665. The van der Waals surface area contributed by atoms with E-state index in [0.717, 1.165) is 37.0 Å². The number of hydrogen-bond donors (Lipinski definition) is 1. The molecule has 21 heavy (non-hydrogen) atoms. The average molecular weight is 288 g/mol. The van der Waals surface area contributed by atoms with Crippen molar-refractivity contribution < 1.29 is 0 Å². The van der Waals surface area contributed by atoms with E-state index in [9.17, 15) is 0 Å². The number of anilines is 2. The molecule has 0 spiro atoms. The molecule has 2 aliphatic carbocycles. The molecule has 2 aliphatic rings. The van der Waals surface area contributed by atoms with Crippen LogP contribution in [0.3, 0.4) is 0 Å². The van der Waals surface area contributed by atoms with Gasteiger partial charge in [-0.1, -0.05) is 13.3 Å². The second kappa shape index (κ2) is 6.63. The van der Waals surface area contributed by atoms with E-state index < -0.39 is 0 Å². The van der Waals surface area contributed by atoms with Crippen LogP contribution in [0.25, 0.3) is 0 Å². The lowest BCUT2D eigenvalue weighted by atomic mass is 10.1. The predicted molar refractivity (Wildman–Crippen MR) is 87.9 cm³/mol. The fraction of sp³-hybridized carbons (Fsp3) is 0.765. The Labute approximate surface area is 128 Å². The zero-order valence-electron chi connectivity index (χ0n) is 13.4. The summed E-state index contributed by atoms with van der Waals surface area (Å²) in [4.78, 5) is 11.7. The van der Waals surface area contributed by atoms with Gasteiger partial charge in [-0.15, -0.1) is 0 Å². The van der Waals surface area contributed by atoms with Crippen molar-refractivity contribution in [3.05, 3.63) is 11.9 Å². The molecule has 1 N–H and O–H groups in total. The van der Waals surface area contributed by atoms with Gasteiger partial charge in [0.1, 0.15) is 18.0 Å². The number of nitrogens with zero attached hydrogens (tertiary/aromatic N) is 3. The Hall–Kier alpha value is -1.32. The molecule has 1 aromatic heterocycles. The maximum absolute atomic E-state index is 4.68. The van der Waals surface area contributed by atoms with Gasteiger partial charge in [-0.05, 0) is 50.9 Å². The number of nitrogens with one attached hydrogen (secondary N) is 1. The van der Waals surface area contributed by atoms with Crippen LogP contribution < -0.4 is 10.2 Å². The normalized spacial score (nSPS) is 17.8. The summed E-state index contributed by atoms with van der Waals surface area (Å²) in [5.74, 6) is 4.04. The molecule has 3 rings (SSSR count). The SMILES string of the molecule is CCCc1c(NCC)ncnc1N(CC1CC1)CC1CC1. The highest BCUT2D eigenvalue weighted by atomic mass is 15.2. The highest BCUT2D eigenvalue weighted by molar-refractivity contribution is 5.59. The quantitative estimate of drug-likeness (QED) is 0.755. The van der Waals surface area contributed by atoms with Crippen LogP contribution in [0.2, 0.25) is 0 Å². The Kier molecular flexibility index (Phi) is 4.61. The van der Waals surface area contributed by atoms with Gasteiger partial charge in [-0.2, -0.15) is 0 Å². The van der Waals surface area contributed by atoms with Crippen molar-refractivity contribution >= 4 is 11.6 Å². The standard InChI is InChI=1S/C17H28N4/c1-3-5-15-16(18-4-2)19-12-20-17(15)21(10-13-6-7-13)11-14-8-9-14/h12-14H,3-11H2,1-2H3,(H,18,19,20). The fourth-order valence-corrected chi connectivity index (χ4v) is 2.95. The summed E-state index contributed by atoms with van der Waals surface area (Å²) < 4.78 is 0. The van der Waals surface area contributed by atoms with E-state index in [1.54, 1.807) is 6.33 Å². The van der Waals surface area contributed by atoms with Crippen LogP contribution in [-0.4, -0.2) is 29.6 Å². The van der Waals surface area contributed by atoms with Gasteiger partial charge in [0.15, 0.2) is 0 Å². The lowest BCUT2D eigenvalue weighted by Crippen LogP contribution is -2.30. The smallest absolute Gasteiger partial charge is 0.137 e. The van der Waals surface area contributed by atoms with Crippen LogP contribution in [0.5, 0.6) is 0 Å². The van der Waals surface area contributed by atoms with Crippen molar-refractivity contribution in [1.82, 2.24) is 9.97 Å². The Balaban J connectivity index is 1.85. The second-order valence-electron chi connectivity index (χ2n) is 6.60. The average Bonchev–Trinajstić information content (AvgIpc) is 3.36. The minimum atomic E-state index is 0.899. The van der Waals surface area contributed by atoms with Crippen molar-refractivity contribution in [2.45, 2.75) is 52.4 Å². The Bertz CT molecular complexity index is 452. The van der Waals surface area contributed by atoms with Crippen LogP contribution >= 0.6 is 0 Å². The van der Waals surface area contributed by atoms with Gasteiger partial charge in [0.2, 0.25) is 0 Å². The Morgan fingerprint density at radius 3 is 2.29 bits per heavy atom. The summed E-state index contributed by atoms with van der Waals surface area (Å²) in [6.07, 6.45) is 9.53. The van der Waals surface area contributed by atoms with Gasteiger partial charge in [-0.25, -0.2) is 9.97 Å². The zero-order valence-corrected chi connectivity index (χ0v) is 13.4. The van der Waals surface area contributed by atoms with Gasteiger partial charge in [0, 0.05) is 25.2 Å². The molecule has 0 unspecified atom stereocenters. The third kappa shape index (κ3) is 3.86. The molecule has 4 nitrogen and oxygen atoms in total. The molecular formula is C17H28N4. The number of aromatic nitrogens is 2. The summed E-state index contributed by atoms with van der Waals surface area (Å²) in [7, 11) is 0. The van der Waals surface area contributed by atoms with Gasteiger partial charge < -0.3 is 10.2 Å². The first-order valence-electron chi connectivity index (χ1n) is 8.64. The van der Waals surface area contributed by atoms with Crippen LogP contribution in [0.1, 0.15) is 51.5 Å². The lowest BCUT2D eigenvalue weighted by Gasteiger charge is -2.27. The van der Waals surface area contributed by atoms with E-state index in [2.05, 4.69) is 34.0 Å². The minimum absolute atomic E-state index is 0.899. The van der Waals surface area contributed by atoms with Crippen LogP contribution in [0.15, 0.2) is 6.33 Å². The van der Waals surface area contributed by atoms with E-state index >= 15 is 0 Å². The monoisotopic (exact) mass is 288 g/mol. The third-order valence-corrected chi connectivity index (χ3v) is 4.42. The van der Waals surface area contributed by atoms with E-state index in [0.29, 0.717) is 0 Å². The highest BCUT2D eigenvalue weighted by Gasteiger charge is 2.31. The topological polar surface area (TPSA) is 41.1 Å². The molecule has 1 heterocycles. The fourth-order valence-electron chi connectivity index (χ4n) is 2.95. The zero-order chi connectivity index (χ0) is 14.7. The third-order valence-electron chi connectivity index (χ3n) is 4.42. The molecule has 0 amide bonds. The van der Waals surface area contributed by atoms with Crippen LogP contribution in [0.4, 0.5) is 11.6 Å². The van der Waals surface area contributed by atoms with Crippen molar-refractivity contribution in [2.75, 3.05) is 29.9 Å². The summed E-state index contributed by atoms with van der Waals surface area (Å²) >= 11 is 0. The van der Waals surface area contributed by atoms with E-state index in [1.807, 2.05) is 0 Å². The van der Waals surface area contributed by atoms with Crippen LogP contribution in [-0.2, 0) is 6.42 Å². The summed E-state index contributed by atoms with van der Waals surface area (Å²) in [5.41, 5.74) is 1.32. The molecule has 0 bridgehead atoms. The molecule has 0 saturated heterocycles. The van der Waals surface area contributed by atoms with Crippen molar-refractivity contribution in [2.24, 2.45) is 11.8 Å². The highest BCUT2D eigenvalue weighted by Crippen LogP contribution is 2.37. The van der Waals surface area contributed by atoms with Crippen LogP contribution in [0, 0.1) is 11.8 Å². The molecule has 0 radical (unpaired) electrons. The first-order chi connectivity index (χ1) is 10.3. The molecule has 0 atom stereocenters.